The summed E-state index contributed by atoms with van der Waals surface area (Å²) in [4.78, 5) is 22.7. The van der Waals surface area contributed by atoms with Crippen molar-refractivity contribution in [2.24, 2.45) is 0 Å². The first kappa shape index (κ1) is 15.7. The minimum atomic E-state index is -0.477. The van der Waals surface area contributed by atoms with Gasteiger partial charge in [0.15, 0.2) is 0 Å². The van der Waals surface area contributed by atoms with Crippen LogP contribution in [0.25, 0.3) is 0 Å². The lowest BCUT2D eigenvalue weighted by molar-refractivity contribution is -0.385. The highest BCUT2D eigenvalue weighted by Gasteiger charge is 2.16. The second-order valence-corrected chi connectivity index (χ2v) is 5.36. The number of nitro benzene ring substituents is 1. The van der Waals surface area contributed by atoms with Crippen LogP contribution in [0.15, 0.2) is 42.5 Å². The third-order valence-corrected chi connectivity index (χ3v) is 3.59. The van der Waals surface area contributed by atoms with Gasteiger partial charge in [0, 0.05) is 17.2 Å². The van der Waals surface area contributed by atoms with Crippen LogP contribution in [0.4, 0.5) is 5.69 Å². The van der Waals surface area contributed by atoms with Gasteiger partial charge in [0.2, 0.25) is 0 Å². The van der Waals surface area contributed by atoms with Crippen LogP contribution in [-0.2, 0) is 0 Å². The largest absolute Gasteiger partial charge is 0.346 e. The monoisotopic (exact) mass is 298 g/mol. The van der Waals surface area contributed by atoms with E-state index in [1.54, 1.807) is 19.1 Å². The predicted molar refractivity (Wildman–Crippen MR) is 84.9 cm³/mol. The third kappa shape index (κ3) is 3.49. The summed E-state index contributed by atoms with van der Waals surface area (Å²) in [7, 11) is 0. The Bertz CT molecular complexity index is 708. The lowest BCUT2D eigenvalue weighted by atomic mass is 10.1. The molecule has 0 aliphatic rings. The fourth-order valence-electron chi connectivity index (χ4n) is 2.17. The van der Waals surface area contributed by atoms with Gasteiger partial charge in [-0.2, -0.15) is 0 Å². The molecule has 1 atom stereocenters. The Hall–Kier alpha value is -2.69. The number of carbonyl (C=O) groups excluding carboxylic acids is 1. The Balaban J connectivity index is 2.16. The summed E-state index contributed by atoms with van der Waals surface area (Å²) in [5.41, 5.74) is 2.91. The number of amides is 1. The molecule has 2 rings (SSSR count). The van der Waals surface area contributed by atoms with E-state index in [2.05, 4.69) is 5.32 Å². The van der Waals surface area contributed by atoms with Gasteiger partial charge in [-0.05, 0) is 32.4 Å². The van der Waals surface area contributed by atoms with Crippen LogP contribution in [0.2, 0.25) is 0 Å². The van der Waals surface area contributed by atoms with E-state index in [4.69, 9.17) is 0 Å². The van der Waals surface area contributed by atoms with Crippen molar-refractivity contribution in [1.82, 2.24) is 5.32 Å². The van der Waals surface area contributed by atoms with Gasteiger partial charge in [-0.25, -0.2) is 0 Å². The SMILES string of the molecule is Cc1ccc(C(C)NC(=O)c2ccc(C)c([N+](=O)[O-])c2)cc1. The third-order valence-electron chi connectivity index (χ3n) is 3.59. The maximum atomic E-state index is 12.2. The summed E-state index contributed by atoms with van der Waals surface area (Å²) in [6.45, 7) is 5.53. The molecule has 114 valence electrons. The number of hydrogen-bond donors (Lipinski definition) is 1. The van der Waals surface area contributed by atoms with Crippen molar-refractivity contribution in [3.05, 3.63) is 74.8 Å². The van der Waals surface area contributed by atoms with Crippen molar-refractivity contribution >= 4 is 11.6 Å². The number of carbonyl (C=O) groups is 1. The number of benzene rings is 2. The maximum absolute atomic E-state index is 12.2. The summed E-state index contributed by atoms with van der Waals surface area (Å²) in [5, 5.41) is 13.8. The molecule has 0 aromatic heterocycles. The van der Waals surface area contributed by atoms with Crippen molar-refractivity contribution in [1.29, 1.82) is 0 Å². The molecule has 0 aliphatic carbocycles. The van der Waals surface area contributed by atoms with Crippen molar-refractivity contribution in [3.8, 4) is 0 Å². The molecule has 0 heterocycles. The number of rotatable bonds is 4. The average Bonchev–Trinajstić information content (AvgIpc) is 2.47. The number of nitro groups is 1. The van der Waals surface area contributed by atoms with Gasteiger partial charge in [-0.3, -0.25) is 14.9 Å². The van der Waals surface area contributed by atoms with E-state index in [0.717, 1.165) is 11.1 Å². The molecule has 0 saturated heterocycles. The van der Waals surface area contributed by atoms with E-state index < -0.39 is 4.92 Å². The topological polar surface area (TPSA) is 72.2 Å². The normalized spacial score (nSPS) is 11.8. The molecule has 5 nitrogen and oxygen atoms in total. The number of nitrogens with zero attached hydrogens (tertiary/aromatic N) is 1. The molecule has 2 aromatic rings. The van der Waals surface area contributed by atoms with Gasteiger partial charge in [-0.15, -0.1) is 0 Å². The zero-order chi connectivity index (χ0) is 16.3. The molecule has 1 unspecified atom stereocenters. The van der Waals surface area contributed by atoms with Crippen molar-refractivity contribution in [2.45, 2.75) is 26.8 Å². The van der Waals surface area contributed by atoms with Crippen LogP contribution in [0.3, 0.4) is 0 Å². The Morgan fingerprint density at radius 2 is 1.77 bits per heavy atom. The van der Waals surface area contributed by atoms with E-state index in [-0.39, 0.29) is 23.2 Å². The smallest absolute Gasteiger partial charge is 0.273 e. The fraction of sp³-hybridized carbons (Fsp3) is 0.235. The highest BCUT2D eigenvalue weighted by atomic mass is 16.6. The molecule has 2 aromatic carbocycles. The van der Waals surface area contributed by atoms with Gasteiger partial charge < -0.3 is 5.32 Å². The van der Waals surface area contributed by atoms with Gasteiger partial charge >= 0.3 is 0 Å². The number of aryl methyl sites for hydroxylation is 2. The zero-order valence-corrected chi connectivity index (χ0v) is 12.8. The Labute approximate surface area is 129 Å². The zero-order valence-electron chi connectivity index (χ0n) is 12.8. The van der Waals surface area contributed by atoms with Crippen LogP contribution in [0.1, 0.15) is 40.0 Å². The van der Waals surface area contributed by atoms with Crippen LogP contribution in [0, 0.1) is 24.0 Å². The molecule has 0 fully saturated rings. The first-order valence-corrected chi connectivity index (χ1v) is 7.01. The van der Waals surface area contributed by atoms with Crippen molar-refractivity contribution in [3.63, 3.8) is 0 Å². The number of hydrogen-bond acceptors (Lipinski definition) is 3. The van der Waals surface area contributed by atoms with E-state index >= 15 is 0 Å². The Morgan fingerprint density at radius 3 is 2.36 bits per heavy atom. The predicted octanol–water partition coefficient (Wildman–Crippen LogP) is 3.70. The fourth-order valence-corrected chi connectivity index (χ4v) is 2.17. The van der Waals surface area contributed by atoms with E-state index in [9.17, 15) is 14.9 Å². The number of nitrogens with one attached hydrogen (secondary N) is 1. The summed E-state index contributed by atoms with van der Waals surface area (Å²) < 4.78 is 0. The average molecular weight is 298 g/mol. The van der Waals surface area contributed by atoms with Crippen LogP contribution >= 0.6 is 0 Å². The minimum Gasteiger partial charge on any atom is -0.346 e. The van der Waals surface area contributed by atoms with Crippen molar-refractivity contribution < 1.29 is 9.72 Å². The highest BCUT2D eigenvalue weighted by Crippen LogP contribution is 2.20. The summed E-state index contributed by atoms with van der Waals surface area (Å²) in [6.07, 6.45) is 0. The summed E-state index contributed by atoms with van der Waals surface area (Å²) in [6, 6.07) is 12.2. The quantitative estimate of drug-likeness (QED) is 0.691. The molecule has 0 bridgehead atoms. The lowest BCUT2D eigenvalue weighted by Crippen LogP contribution is -2.26. The van der Waals surface area contributed by atoms with E-state index in [1.807, 2.05) is 38.1 Å². The Kier molecular flexibility index (Phi) is 4.56. The van der Waals surface area contributed by atoms with E-state index in [0.29, 0.717) is 5.56 Å². The second-order valence-electron chi connectivity index (χ2n) is 5.36. The van der Waals surface area contributed by atoms with Gasteiger partial charge in [0.25, 0.3) is 11.6 Å². The lowest BCUT2D eigenvalue weighted by Gasteiger charge is -2.14. The molecule has 5 heteroatoms. The van der Waals surface area contributed by atoms with Crippen LogP contribution in [0.5, 0.6) is 0 Å². The summed E-state index contributed by atoms with van der Waals surface area (Å²) >= 11 is 0. The minimum absolute atomic E-state index is 0.0457. The second kappa shape index (κ2) is 6.39. The molecule has 0 saturated carbocycles. The van der Waals surface area contributed by atoms with Gasteiger partial charge in [0.1, 0.15) is 0 Å². The molecule has 1 N–H and O–H groups in total. The van der Waals surface area contributed by atoms with Gasteiger partial charge in [-0.1, -0.05) is 35.9 Å². The maximum Gasteiger partial charge on any atom is 0.273 e. The molecular formula is C17H18N2O3. The first-order valence-electron chi connectivity index (χ1n) is 7.01. The Morgan fingerprint density at radius 1 is 1.14 bits per heavy atom. The van der Waals surface area contributed by atoms with Crippen molar-refractivity contribution in [2.75, 3.05) is 0 Å². The van der Waals surface area contributed by atoms with Crippen LogP contribution in [-0.4, -0.2) is 10.8 Å². The molecule has 0 aliphatic heterocycles. The van der Waals surface area contributed by atoms with Gasteiger partial charge in [0.05, 0.1) is 11.0 Å². The molecule has 1 amide bonds. The molecule has 0 spiro atoms. The van der Waals surface area contributed by atoms with E-state index in [1.165, 1.54) is 6.07 Å². The first-order chi connectivity index (χ1) is 10.4. The highest BCUT2D eigenvalue weighted by molar-refractivity contribution is 5.95. The summed E-state index contributed by atoms with van der Waals surface area (Å²) in [5.74, 6) is -0.323. The molecule has 0 radical (unpaired) electrons. The molecular weight excluding hydrogens is 280 g/mol. The standard InChI is InChI=1S/C17H18N2O3/c1-11-4-7-14(8-5-11)13(3)18-17(20)15-9-6-12(2)16(10-15)19(21)22/h4-10,13H,1-3H3,(H,18,20). The van der Waals surface area contributed by atoms with Crippen LogP contribution < -0.4 is 5.32 Å². The molecule has 22 heavy (non-hydrogen) atoms.